The molecule has 20 heavy (non-hydrogen) atoms. The number of thiocarbonyl (C=S) groups is 1. The van der Waals surface area contributed by atoms with Crippen molar-refractivity contribution in [1.29, 1.82) is 0 Å². The van der Waals surface area contributed by atoms with Crippen molar-refractivity contribution < 1.29 is 4.79 Å². The highest BCUT2D eigenvalue weighted by Gasteiger charge is 2.54. The van der Waals surface area contributed by atoms with Gasteiger partial charge >= 0.3 is 0 Å². The van der Waals surface area contributed by atoms with Crippen LogP contribution >= 0.6 is 12.2 Å². The number of carbonyl (C=O) groups is 1. The Morgan fingerprint density at radius 2 is 1.50 bits per heavy atom. The summed E-state index contributed by atoms with van der Waals surface area (Å²) in [6.45, 7) is 2.03. The molecule has 5 fully saturated rings. The molecule has 1 saturated heterocycles. The molecule has 0 aromatic rings. The molecule has 4 saturated carbocycles. The van der Waals surface area contributed by atoms with E-state index in [9.17, 15) is 4.79 Å². The molecule has 0 radical (unpaired) electrons. The maximum Gasteiger partial charge on any atom is 0.232 e. The first-order valence-corrected chi connectivity index (χ1v) is 8.66. The number of nitrogens with one attached hydrogen (secondary N) is 1. The van der Waals surface area contributed by atoms with Crippen LogP contribution in [0.1, 0.15) is 51.4 Å². The van der Waals surface area contributed by atoms with Crippen molar-refractivity contribution in [2.45, 2.75) is 51.4 Å². The Bertz CT molecular complexity index is 406. The molecular formula is C16H24N2OS. The summed E-state index contributed by atoms with van der Waals surface area (Å²) in [6.07, 6.45) is 9.89. The van der Waals surface area contributed by atoms with Crippen LogP contribution in [0.25, 0.3) is 0 Å². The minimum absolute atomic E-state index is 0.0709. The fraction of sp³-hybridized carbons (Fsp3) is 0.875. The van der Waals surface area contributed by atoms with Crippen LogP contribution in [0.3, 0.4) is 0 Å². The smallest absolute Gasteiger partial charge is 0.232 e. The lowest BCUT2D eigenvalue weighted by molar-refractivity contribution is -0.144. The second-order valence-electron chi connectivity index (χ2n) is 7.65. The average molecular weight is 292 g/mol. The summed E-state index contributed by atoms with van der Waals surface area (Å²) in [4.78, 5) is 15.0. The van der Waals surface area contributed by atoms with Gasteiger partial charge in [0, 0.05) is 13.1 Å². The Morgan fingerprint density at radius 3 is 2.00 bits per heavy atom. The number of hydrogen-bond donors (Lipinski definition) is 1. The van der Waals surface area contributed by atoms with E-state index in [1.165, 1.54) is 32.1 Å². The van der Waals surface area contributed by atoms with Gasteiger partial charge in [0.1, 0.15) is 0 Å². The van der Waals surface area contributed by atoms with Gasteiger partial charge in [-0.1, -0.05) is 0 Å². The third-order valence-electron chi connectivity index (χ3n) is 6.13. The van der Waals surface area contributed by atoms with Crippen molar-refractivity contribution in [1.82, 2.24) is 10.2 Å². The molecule has 4 bridgehead atoms. The first-order chi connectivity index (χ1) is 9.64. The molecule has 0 aromatic heterocycles. The van der Waals surface area contributed by atoms with E-state index in [1.807, 2.05) is 0 Å². The average Bonchev–Trinajstić information content (AvgIpc) is 2.90. The van der Waals surface area contributed by atoms with E-state index < -0.39 is 0 Å². The molecule has 0 unspecified atom stereocenters. The second kappa shape index (κ2) is 4.69. The summed E-state index contributed by atoms with van der Waals surface area (Å²) in [5, 5.41) is 3.78. The zero-order valence-corrected chi connectivity index (χ0v) is 12.9. The van der Waals surface area contributed by atoms with Crippen LogP contribution in [0.2, 0.25) is 0 Å². The van der Waals surface area contributed by atoms with E-state index in [1.54, 1.807) is 0 Å². The van der Waals surface area contributed by atoms with Gasteiger partial charge in [-0.25, -0.2) is 0 Å². The van der Waals surface area contributed by atoms with Crippen molar-refractivity contribution in [3.63, 3.8) is 0 Å². The first-order valence-electron chi connectivity index (χ1n) is 8.25. The Hall–Kier alpha value is -0.640. The number of carbonyl (C=O) groups excluding carboxylic acids is 1. The lowest BCUT2D eigenvalue weighted by Gasteiger charge is -2.55. The summed E-state index contributed by atoms with van der Waals surface area (Å²) < 4.78 is 0. The Labute approximate surface area is 126 Å². The molecule has 4 heteroatoms. The number of hydrogen-bond acceptors (Lipinski definition) is 2. The van der Waals surface area contributed by atoms with Gasteiger partial charge in [0.2, 0.25) is 5.91 Å². The van der Waals surface area contributed by atoms with Gasteiger partial charge < -0.3 is 10.2 Å². The molecule has 4 aliphatic carbocycles. The molecule has 1 N–H and O–H groups in total. The van der Waals surface area contributed by atoms with Crippen molar-refractivity contribution in [2.75, 3.05) is 13.1 Å². The van der Waals surface area contributed by atoms with E-state index in [0.717, 1.165) is 50.1 Å². The van der Waals surface area contributed by atoms with E-state index >= 15 is 0 Å². The zero-order chi connectivity index (χ0) is 13.7. The maximum atomic E-state index is 12.8. The quantitative estimate of drug-likeness (QED) is 0.754. The molecule has 1 amide bonds. The van der Waals surface area contributed by atoms with Gasteiger partial charge in [0.05, 0.1) is 5.41 Å². The highest BCUT2D eigenvalue weighted by atomic mass is 32.1. The zero-order valence-electron chi connectivity index (χ0n) is 12.1. The highest BCUT2D eigenvalue weighted by Crippen LogP contribution is 2.60. The third-order valence-corrected chi connectivity index (χ3v) is 6.49. The molecule has 1 aliphatic heterocycles. The molecule has 5 aliphatic rings. The topological polar surface area (TPSA) is 32.3 Å². The van der Waals surface area contributed by atoms with Gasteiger partial charge in [0.25, 0.3) is 0 Å². The van der Waals surface area contributed by atoms with Crippen molar-refractivity contribution in [3.05, 3.63) is 0 Å². The predicted molar refractivity (Wildman–Crippen MR) is 82.2 cm³/mol. The van der Waals surface area contributed by atoms with Crippen molar-refractivity contribution in [2.24, 2.45) is 23.2 Å². The normalized spacial score (nSPS) is 42.0. The summed E-state index contributed by atoms with van der Waals surface area (Å²) in [7, 11) is 0. The van der Waals surface area contributed by atoms with Gasteiger partial charge in [-0.05, 0) is 81.3 Å². The summed E-state index contributed by atoms with van der Waals surface area (Å²) in [5.74, 6) is 2.68. The van der Waals surface area contributed by atoms with Crippen LogP contribution in [-0.2, 0) is 4.79 Å². The Balaban J connectivity index is 1.46. The van der Waals surface area contributed by atoms with Gasteiger partial charge in [-0.3, -0.25) is 4.79 Å². The summed E-state index contributed by atoms with van der Waals surface area (Å²) >= 11 is 5.44. The molecule has 0 spiro atoms. The van der Waals surface area contributed by atoms with Crippen molar-refractivity contribution in [3.8, 4) is 0 Å². The van der Waals surface area contributed by atoms with Crippen LogP contribution < -0.4 is 5.32 Å². The molecule has 0 aromatic carbocycles. The molecular weight excluding hydrogens is 268 g/mol. The van der Waals surface area contributed by atoms with E-state index in [2.05, 4.69) is 10.2 Å². The van der Waals surface area contributed by atoms with E-state index in [4.69, 9.17) is 12.2 Å². The SMILES string of the molecule is O=C(NC(=S)N1CCCC1)C12CC3CC(CC(C3)C1)C2. The second-order valence-corrected chi connectivity index (χ2v) is 8.04. The molecule has 3 nitrogen and oxygen atoms in total. The maximum absolute atomic E-state index is 12.8. The lowest BCUT2D eigenvalue weighted by atomic mass is 9.49. The van der Waals surface area contributed by atoms with Crippen LogP contribution in [0.15, 0.2) is 0 Å². The minimum atomic E-state index is -0.0709. The predicted octanol–water partition coefficient (Wildman–Crippen LogP) is 2.70. The van der Waals surface area contributed by atoms with Crippen LogP contribution in [-0.4, -0.2) is 29.0 Å². The molecule has 5 rings (SSSR count). The number of rotatable bonds is 1. The van der Waals surface area contributed by atoms with Gasteiger partial charge in [-0.2, -0.15) is 0 Å². The van der Waals surface area contributed by atoms with Crippen LogP contribution in [0.5, 0.6) is 0 Å². The standard InChI is InChI=1S/C16H24N2OS/c19-14(17-15(20)18-3-1-2-4-18)16-8-11-5-12(9-16)7-13(6-11)10-16/h11-13H,1-10H2,(H,17,19,20). The van der Waals surface area contributed by atoms with E-state index in [-0.39, 0.29) is 11.3 Å². The third kappa shape index (κ3) is 2.07. The molecule has 1 heterocycles. The summed E-state index contributed by atoms with van der Waals surface area (Å²) in [6, 6.07) is 0. The highest BCUT2D eigenvalue weighted by molar-refractivity contribution is 7.80. The Morgan fingerprint density at radius 1 is 1.00 bits per heavy atom. The number of likely N-dealkylation sites (tertiary alicyclic amines) is 1. The fourth-order valence-electron chi connectivity index (χ4n) is 5.62. The van der Waals surface area contributed by atoms with E-state index in [0.29, 0.717) is 5.11 Å². The van der Waals surface area contributed by atoms with Gasteiger partial charge in [0.15, 0.2) is 5.11 Å². The largest absolute Gasteiger partial charge is 0.349 e. The lowest BCUT2D eigenvalue weighted by Crippen LogP contribution is -2.55. The molecule has 0 atom stereocenters. The van der Waals surface area contributed by atoms with Gasteiger partial charge in [-0.15, -0.1) is 0 Å². The minimum Gasteiger partial charge on any atom is -0.349 e. The Kier molecular flexibility index (Phi) is 3.06. The van der Waals surface area contributed by atoms with Crippen LogP contribution in [0, 0.1) is 23.2 Å². The molecule has 110 valence electrons. The number of amides is 1. The summed E-state index contributed by atoms with van der Waals surface area (Å²) in [5.41, 5.74) is -0.0709. The monoisotopic (exact) mass is 292 g/mol. The van der Waals surface area contributed by atoms with Crippen molar-refractivity contribution >= 4 is 23.2 Å². The number of nitrogens with zero attached hydrogens (tertiary/aromatic N) is 1. The van der Waals surface area contributed by atoms with Crippen LogP contribution in [0.4, 0.5) is 0 Å². The first kappa shape index (κ1) is 13.1. The fourth-order valence-corrected chi connectivity index (χ4v) is 5.89.